The molecule has 1 amide bonds. The number of thioether (sulfide) groups is 1. The molecule has 0 spiro atoms. The summed E-state index contributed by atoms with van der Waals surface area (Å²) < 4.78 is 0. The highest BCUT2D eigenvalue weighted by Gasteiger charge is 2.51. The highest BCUT2D eigenvalue weighted by Crippen LogP contribution is 2.55. The lowest BCUT2D eigenvalue weighted by Gasteiger charge is -2.56. The van der Waals surface area contributed by atoms with Crippen LogP contribution in [0.25, 0.3) is 0 Å². The van der Waals surface area contributed by atoms with Crippen molar-refractivity contribution < 1.29 is 4.79 Å². The molecule has 0 aliphatic heterocycles. The number of hydrogen-bond donors (Lipinski definition) is 1. The Labute approximate surface area is 172 Å². The molecule has 4 bridgehead atoms. The van der Waals surface area contributed by atoms with Crippen LogP contribution in [0.2, 0.25) is 0 Å². The van der Waals surface area contributed by atoms with Crippen molar-refractivity contribution in [2.75, 3.05) is 0 Å². The summed E-state index contributed by atoms with van der Waals surface area (Å²) in [5.41, 5.74) is 3.45. The summed E-state index contributed by atoms with van der Waals surface area (Å²) in [6, 6.07) is 16.9. The Morgan fingerprint density at radius 2 is 1.50 bits per heavy atom. The Bertz CT molecular complexity index is 820. The first-order valence-corrected chi connectivity index (χ1v) is 11.7. The van der Waals surface area contributed by atoms with Crippen LogP contribution in [0.1, 0.15) is 60.0 Å². The van der Waals surface area contributed by atoms with Crippen molar-refractivity contribution in [2.24, 2.45) is 17.8 Å². The van der Waals surface area contributed by atoms with Gasteiger partial charge in [0.25, 0.3) is 5.91 Å². The van der Waals surface area contributed by atoms with Crippen molar-refractivity contribution in [3.63, 3.8) is 0 Å². The smallest absolute Gasteiger partial charge is 0.251 e. The van der Waals surface area contributed by atoms with Gasteiger partial charge in [0.15, 0.2) is 0 Å². The zero-order valence-electron chi connectivity index (χ0n) is 16.6. The molecule has 3 heteroatoms. The molecule has 0 aromatic heterocycles. The van der Waals surface area contributed by atoms with E-state index in [0.29, 0.717) is 0 Å². The van der Waals surface area contributed by atoms with Gasteiger partial charge in [0.2, 0.25) is 0 Å². The average molecular weight is 392 g/mol. The number of aryl methyl sites for hydroxylation is 1. The van der Waals surface area contributed by atoms with E-state index in [1.165, 1.54) is 54.5 Å². The molecule has 6 rings (SSSR count). The summed E-state index contributed by atoms with van der Waals surface area (Å²) in [5.74, 6) is 3.62. The monoisotopic (exact) mass is 391 g/mol. The standard InChI is InChI=1S/C25H29NOS/c1-17-2-8-23(9-3-17)28-16-18-4-6-22(7-5-18)24(27)26-25-13-19-10-20(14-25)12-21(11-19)15-25/h2-9,19-21H,10-16H2,1H3,(H,26,27). The number of rotatable bonds is 5. The molecule has 0 saturated heterocycles. The molecule has 4 saturated carbocycles. The van der Waals surface area contributed by atoms with Crippen molar-refractivity contribution in [3.8, 4) is 0 Å². The highest BCUT2D eigenvalue weighted by molar-refractivity contribution is 7.98. The molecule has 28 heavy (non-hydrogen) atoms. The minimum atomic E-state index is 0.0891. The lowest BCUT2D eigenvalue weighted by molar-refractivity contribution is -0.0167. The fourth-order valence-electron chi connectivity index (χ4n) is 6.13. The maximum absolute atomic E-state index is 12.9. The van der Waals surface area contributed by atoms with E-state index in [2.05, 4.69) is 48.6 Å². The van der Waals surface area contributed by atoms with Gasteiger partial charge < -0.3 is 5.32 Å². The predicted octanol–water partition coefficient (Wildman–Crippen LogP) is 5.99. The number of carbonyl (C=O) groups excluding carboxylic acids is 1. The Kier molecular flexibility index (Phi) is 4.74. The van der Waals surface area contributed by atoms with Crippen LogP contribution in [0.3, 0.4) is 0 Å². The van der Waals surface area contributed by atoms with Crippen LogP contribution in [0, 0.1) is 24.7 Å². The Morgan fingerprint density at radius 3 is 2.07 bits per heavy atom. The normalized spacial score (nSPS) is 30.4. The van der Waals surface area contributed by atoms with Crippen molar-refractivity contribution in [1.29, 1.82) is 0 Å². The first-order valence-electron chi connectivity index (χ1n) is 10.7. The third-order valence-corrected chi connectivity index (χ3v) is 8.14. The van der Waals surface area contributed by atoms with E-state index < -0.39 is 0 Å². The molecule has 2 nitrogen and oxygen atoms in total. The van der Waals surface area contributed by atoms with Crippen molar-refractivity contribution >= 4 is 17.7 Å². The summed E-state index contributed by atoms with van der Waals surface area (Å²) in [6.07, 6.45) is 7.83. The molecule has 2 aromatic carbocycles. The van der Waals surface area contributed by atoms with E-state index in [0.717, 1.165) is 29.1 Å². The fraction of sp³-hybridized carbons (Fsp3) is 0.480. The minimum absolute atomic E-state index is 0.0891. The van der Waals surface area contributed by atoms with Crippen molar-refractivity contribution in [1.82, 2.24) is 5.32 Å². The second-order valence-corrected chi connectivity index (χ2v) is 10.5. The van der Waals surface area contributed by atoms with E-state index >= 15 is 0 Å². The second kappa shape index (κ2) is 7.26. The molecular weight excluding hydrogens is 362 g/mol. The molecule has 4 fully saturated rings. The summed E-state index contributed by atoms with van der Waals surface area (Å²) in [5, 5.41) is 3.48. The van der Waals surface area contributed by atoms with Crippen LogP contribution < -0.4 is 5.32 Å². The minimum Gasteiger partial charge on any atom is -0.347 e. The Morgan fingerprint density at radius 1 is 0.929 bits per heavy atom. The van der Waals surface area contributed by atoms with E-state index in [-0.39, 0.29) is 11.4 Å². The van der Waals surface area contributed by atoms with Gasteiger partial charge >= 0.3 is 0 Å². The number of amides is 1. The number of carbonyl (C=O) groups is 1. The van der Waals surface area contributed by atoms with Crippen LogP contribution in [-0.4, -0.2) is 11.4 Å². The van der Waals surface area contributed by atoms with Crippen molar-refractivity contribution in [3.05, 3.63) is 65.2 Å². The maximum atomic E-state index is 12.9. The summed E-state index contributed by atoms with van der Waals surface area (Å²) in [6.45, 7) is 2.11. The fourth-order valence-corrected chi connectivity index (χ4v) is 6.98. The van der Waals surface area contributed by atoms with Gasteiger partial charge in [-0.1, -0.05) is 29.8 Å². The van der Waals surface area contributed by atoms with Gasteiger partial charge in [0.1, 0.15) is 0 Å². The van der Waals surface area contributed by atoms with Gasteiger partial charge in [-0.2, -0.15) is 0 Å². The zero-order chi connectivity index (χ0) is 19.1. The molecule has 0 radical (unpaired) electrons. The quantitative estimate of drug-likeness (QED) is 0.635. The Balaban J connectivity index is 1.21. The van der Waals surface area contributed by atoms with Gasteiger partial charge in [0, 0.05) is 21.8 Å². The molecule has 0 unspecified atom stereocenters. The highest BCUT2D eigenvalue weighted by atomic mass is 32.2. The van der Waals surface area contributed by atoms with Gasteiger partial charge in [-0.25, -0.2) is 0 Å². The molecule has 0 heterocycles. The van der Waals surface area contributed by atoms with Gasteiger partial charge in [0.05, 0.1) is 0 Å². The summed E-state index contributed by atoms with van der Waals surface area (Å²) in [4.78, 5) is 14.2. The van der Waals surface area contributed by atoms with Gasteiger partial charge in [-0.15, -0.1) is 11.8 Å². The average Bonchev–Trinajstić information content (AvgIpc) is 2.66. The number of hydrogen-bond acceptors (Lipinski definition) is 2. The summed E-state index contributed by atoms with van der Waals surface area (Å²) in [7, 11) is 0. The second-order valence-electron chi connectivity index (χ2n) is 9.45. The number of benzene rings is 2. The van der Waals surface area contributed by atoms with Crippen molar-refractivity contribution in [2.45, 2.75) is 61.6 Å². The zero-order valence-corrected chi connectivity index (χ0v) is 17.4. The van der Waals surface area contributed by atoms with Crippen LogP contribution in [-0.2, 0) is 5.75 Å². The van der Waals surface area contributed by atoms with Crippen LogP contribution in [0.4, 0.5) is 0 Å². The molecule has 4 aliphatic carbocycles. The van der Waals surface area contributed by atoms with Crippen LogP contribution in [0.5, 0.6) is 0 Å². The lowest BCUT2D eigenvalue weighted by atomic mass is 9.53. The van der Waals surface area contributed by atoms with E-state index in [1.807, 2.05) is 23.9 Å². The van der Waals surface area contributed by atoms with Gasteiger partial charge in [-0.05, 0) is 93.0 Å². The summed E-state index contributed by atoms with van der Waals surface area (Å²) >= 11 is 1.84. The molecule has 146 valence electrons. The third-order valence-electron chi connectivity index (χ3n) is 7.06. The largest absolute Gasteiger partial charge is 0.347 e. The molecule has 1 N–H and O–H groups in total. The Hall–Kier alpha value is -1.74. The van der Waals surface area contributed by atoms with Crippen LogP contribution in [0.15, 0.2) is 53.4 Å². The molecule has 2 aromatic rings. The van der Waals surface area contributed by atoms with E-state index in [9.17, 15) is 4.79 Å². The molecular formula is C25H29NOS. The first-order chi connectivity index (χ1) is 13.6. The third kappa shape index (κ3) is 3.74. The van der Waals surface area contributed by atoms with E-state index in [1.54, 1.807) is 0 Å². The van der Waals surface area contributed by atoms with Crippen LogP contribution >= 0.6 is 11.8 Å². The lowest BCUT2D eigenvalue weighted by Crippen LogP contribution is -2.59. The topological polar surface area (TPSA) is 29.1 Å². The first kappa shape index (κ1) is 18.3. The maximum Gasteiger partial charge on any atom is 0.251 e. The molecule has 0 atom stereocenters. The van der Waals surface area contributed by atoms with Gasteiger partial charge in [-0.3, -0.25) is 4.79 Å². The van der Waals surface area contributed by atoms with E-state index in [4.69, 9.17) is 0 Å². The molecule has 4 aliphatic rings. The predicted molar refractivity (Wildman–Crippen MR) is 116 cm³/mol. The number of nitrogens with one attached hydrogen (secondary N) is 1. The SMILES string of the molecule is Cc1ccc(SCc2ccc(C(=O)NC34CC5CC(CC(C5)C3)C4)cc2)cc1.